The highest BCUT2D eigenvalue weighted by Gasteiger charge is 2.14. The first-order valence-corrected chi connectivity index (χ1v) is 10.5. The monoisotopic (exact) mass is 410 g/mol. The molecule has 3 aromatic rings. The lowest BCUT2D eigenvalue weighted by Crippen LogP contribution is -2.15. The maximum absolute atomic E-state index is 12.4. The largest absolute Gasteiger partial charge is 0.497 e. The molecule has 152 valence electrons. The van der Waals surface area contributed by atoms with E-state index >= 15 is 0 Å². The molecule has 6 nitrogen and oxygen atoms in total. The van der Waals surface area contributed by atoms with Gasteiger partial charge in [0.2, 0.25) is 5.91 Å². The van der Waals surface area contributed by atoms with Crippen molar-refractivity contribution in [3.05, 3.63) is 65.0 Å². The van der Waals surface area contributed by atoms with Gasteiger partial charge in [0.05, 0.1) is 12.9 Å². The highest BCUT2D eigenvalue weighted by Crippen LogP contribution is 2.22. The van der Waals surface area contributed by atoms with E-state index in [0.717, 1.165) is 45.7 Å². The van der Waals surface area contributed by atoms with Crippen LogP contribution in [0.4, 0.5) is 5.69 Å². The van der Waals surface area contributed by atoms with Crippen LogP contribution >= 0.6 is 11.8 Å². The first-order valence-electron chi connectivity index (χ1n) is 9.55. The predicted molar refractivity (Wildman–Crippen MR) is 117 cm³/mol. The van der Waals surface area contributed by atoms with Crippen LogP contribution in [0.5, 0.6) is 5.75 Å². The second-order valence-electron chi connectivity index (χ2n) is 6.75. The van der Waals surface area contributed by atoms with Crippen molar-refractivity contribution in [3.63, 3.8) is 0 Å². The molecular formula is C22H26N4O2S. The van der Waals surface area contributed by atoms with Gasteiger partial charge in [-0.05, 0) is 55.7 Å². The number of carbonyl (C=O) groups is 1. The van der Waals surface area contributed by atoms with E-state index in [4.69, 9.17) is 4.74 Å². The quantitative estimate of drug-likeness (QED) is 0.563. The Hall–Kier alpha value is -2.80. The van der Waals surface area contributed by atoms with Gasteiger partial charge in [0.15, 0.2) is 5.16 Å². The van der Waals surface area contributed by atoms with E-state index in [0.29, 0.717) is 6.42 Å². The summed E-state index contributed by atoms with van der Waals surface area (Å²) in [5.74, 6) is 1.95. The molecule has 7 heteroatoms. The lowest BCUT2D eigenvalue weighted by molar-refractivity contribution is -0.113. The number of amides is 1. The highest BCUT2D eigenvalue weighted by molar-refractivity contribution is 7.99. The van der Waals surface area contributed by atoms with Crippen molar-refractivity contribution in [1.82, 2.24) is 14.8 Å². The summed E-state index contributed by atoms with van der Waals surface area (Å²) in [6.07, 6.45) is 0.681. The van der Waals surface area contributed by atoms with E-state index in [1.54, 1.807) is 7.11 Å². The number of anilines is 1. The van der Waals surface area contributed by atoms with E-state index in [9.17, 15) is 4.79 Å². The molecule has 29 heavy (non-hydrogen) atoms. The van der Waals surface area contributed by atoms with E-state index < -0.39 is 0 Å². The Morgan fingerprint density at radius 1 is 1.14 bits per heavy atom. The van der Waals surface area contributed by atoms with Crippen LogP contribution < -0.4 is 10.1 Å². The van der Waals surface area contributed by atoms with Crippen LogP contribution in [0.3, 0.4) is 0 Å². The zero-order valence-corrected chi connectivity index (χ0v) is 18.0. The highest BCUT2D eigenvalue weighted by atomic mass is 32.2. The van der Waals surface area contributed by atoms with Crippen LogP contribution in [0, 0.1) is 13.8 Å². The number of carbonyl (C=O) groups excluding carboxylic acids is 1. The molecule has 1 N–H and O–H groups in total. The SMILES string of the molecule is CCn1c(Cc2ccc(OC)cc2)nnc1SCC(=O)Nc1cccc(C)c1C. The Labute approximate surface area is 175 Å². The van der Waals surface area contributed by atoms with Crippen LogP contribution in [-0.2, 0) is 17.8 Å². The number of aromatic nitrogens is 3. The summed E-state index contributed by atoms with van der Waals surface area (Å²) in [5.41, 5.74) is 4.23. The first kappa shape index (κ1) is 20.9. The standard InChI is InChI=1S/C22H26N4O2S/c1-5-26-20(13-17-9-11-18(28-4)12-10-17)24-25-22(26)29-14-21(27)23-19-8-6-7-15(2)16(19)3/h6-12H,5,13-14H2,1-4H3,(H,23,27). The molecular weight excluding hydrogens is 384 g/mol. The number of nitrogens with zero attached hydrogens (tertiary/aromatic N) is 3. The summed E-state index contributed by atoms with van der Waals surface area (Å²) in [4.78, 5) is 12.4. The Bertz CT molecular complexity index is 983. The van der Waals surface area contributed by atoms with Crippen molar-refractivity contribution in [2.24, 2.45) is 0 Å². The first-order chi connectivity index (χ1) is 14.0. The average Bonchev–Trinajstić information content (AvgIpc) is 3.12. The smallest absolute Gasteiger partial charge is 0.234 e. The molecule has 1 amide bonds. The van der Waals surface area contributed by atoms with Crippen LogP contribution in [0.1, 0.15) is 29.4 Å². The topological polar surface area (TPSA) is 69.0 Å². The summed E-state index contributed by atoms with van der Waals surface area (Å²) in [5, 5.41) is 12.4. The van der Waals surface area contributed by atoms with Crippen molar-refractivity contribution >= 4 is 23.4 Å². The molecule has 0 atom stereocenters. The van der Waals surface area contributed by atoms with Gasteiger partial charge in [-0.2, -0.15) is 0 Å². The number of nitrogens with one attached hydrogen (secondary N) is 1. The number of benzene rings is 2. The molecule has 2 aromatic carbocycles. The lowest BCUT2D eigenvalue weighted by atomic mass is 10.1. The lowest BCUT2D eigenvalue weighted by Gasteiger charge is -2.10. The normalized spacial score (nSPS) is 10.8. The third kappa shape index (κ3) is 5.17. The molecule has 1 heterocycles. The molecule has 0 fully saturated rings. The number of methoxy groups -OCH3 is 1. The van der Waals surface area contributed by atoms with Crippen LogP contribution in [0.15, 0.2) is 47.6 Å². The van der Waals surface area contributed by atoms with Gasteiger partial charge < -0.3 is 14.6 Å². The summed E-state index contributed by atoms with van der Waals surface area (Å²) >= 11 is 1.40. The molecule has 3 rings (SSSR count). The van der Waals surface area contributed by atoms with Gasteiger partial charge in [-0.1, -0.05) is 36.0 Å². The van der Waals surface area contributed by atoms with Gasteiger partial charge in [0.1, 0.15) is 11.6 Å². The molecule has 0 saturated carbocycles. The summed E-state index contributed by atoms with van der Waals surface area (Å²) in [6.45, 7) is 6.85. The third-order valence-electron chi connectivity index (χ3n) is 4.84. The second-order valence-corrected chi connectivity index (χ2v) is 7.69. The van der Waals surface area contributed by atoms with Crippen molar-refractivity contribution in [2.75, 3.05) is 18.2 Å². The summed E-state index contributed by atoms with van der Waals surface area (Å²) < 4.78 is 7.26. The third-order valence-corrected chi connectivity index (χ3v) is 5.81. The molecule has 0 aliphatic heterocycles. The van der Waals surface area contributed by atoms with Gasteiger partial charge in [-0.3, -0.25) is 4.79 Å². The molecule has 0 spiro atoms. The fraction of sp³-hybridized carbons (Fsp3) is 0.318. The molecule has 0 aliphatic rings. The maximum Gasteiger partial charge on any atom is 0.234 e. The number of thioether (sulfide) groups is 1. The minimum absolute atomic E-state index is 0.0499. The molecule has 0 aliphatic carbocycles. The number of ether oxygens (including phenoxy) is 1. The van der Waals surface area contributed by atoms with Gasteiger partial charge in [0, 0.05) is 18.7 Å². The maximum atomic E-state index is 12.4. The Kier molecular flexibility index (Phi) is 6.93. The summed E-state index contributed by atoms with van der Waals surface area (Å²) in [6, 6.07) is 13.8. The number of rotatable bonds is 8. The van der Waals surface area contributed by atoms with Gasteiger partial charge in [-0.25, -0.2) is 0 Å². The Morgan fingerprint density at radius 3 is 2.59 bits per heavy atom. The second kappa shape index (κ2) is 9.60. The number of hydrogen-bond acceptors (Lipinski definition) is 5. The van der Waals surface area contributed by atoms with Crippen molar-refractivity contribution in [2.45, 2.75) is 38.9 Å². The van der Waals surface area contributed by atoms with Crippen LogP contribution in [0.25, 0.3) is 0 Å². The molecule has 0 bridgehead atoms. The minimum atomic E-state index is -0.0499. The van der Waals surface area contributed by atoms with E-state index in [1.165, 1.54) is 11.8 Å². The predicted octanol–water partition coefficient (Wildman–Crippen LogP) is 4.25. The Morgan fingerprint density at radius 2 is 1.90 bits per heavy atom. The van der Waals surface area contributed by atoms with Crippen molar-refractivity contribution < 1.29 is 9.53 Å². The number of hydrogen-bond donors (Lipinski definition) is 1. The fourth-order valence-corrected chi connectivity index (χ4v) is 3.82. The minimum Gasteiger partial charge on any atom is -0.497 e. The molecule has 0 radical (unpaired) electrons. The van der Waals surface area contributed by atoms with Crippen molar-refractivity contribution in [3.8, 4) is 5.75 Å². The van der Waals surface area contributed by atoms with Gasteiger partial charge >= 0.3 is 0 Å². The van der Waals surface area contributed by atoms with Crippen LogP contribution in [-0.4, -0.2) is 33.5 Å². The van der Waals surface area contributed by atoms with E-state index in [-0.39, 0.29) is 11.7 Å². The molecule has 1 aromatic heterocycles. The molecule has 0 unspecified atom stereocenters. The van der Waals surface area contributed by atoms with Gasteiger partial charge in [0.25, 0.3) is 0 Å². The van der Waals surface area contributed by atoms with E-state index in [1.807, 2.05) is 56.3 Å². The van der Waals surface area contributed by atoms with Crippen molar-refractivity contribution in [1.29, 1.82) is 0 Å². The fourth-order valence-electron chi connectivity index (χ4n) is 3.00. The Balaban J connectivity index is 1.63. The summed E-state index contributed by atoms with van der Waals surface area (Å²) in [7, 11) is 1.66. The zero-order chi connectivity index (χ0) is 20.8. The van der Waals surface area contributed by atoms with Crippen LogP contribution in [0.2, 0.25) is 0 Å². The van der Waals surface area contributed by atoms with Gasteiger partial charge in [-0.15, -0.1) is 10.2 Å². The zero-order valence-electron chi connectivity index (χ0n) is 17.2. The average molecular weight is 411 g/mol. The molecule has 0 saturated heterocycles. The van der Waals surface area contributed by atoms with E-state index in [2.05, 4.69) is 27.0 Å². The number of aryl methyl sites for hydroxylation is 1.